The van der Waals surface area contributed by atoms with Crippen LogP contribution in [0, 0.1) is 12.7 Å². The van der Waals surface area contributed by atoms with Crippen LogP contribution in [0.1, 0.15) is 25.0 Å². The molecule has 2 unspecified atom stereocenters. The predicted molar refractivity (Wildman–Crippen MR) is 112 cm³/mol. The van der Waals surface area contributed by atoms with Crippen molar-refractivity contribution in [2.45, 2.75) is 39.4 Å². The molecular formula is C22H26BrFN2O2. The van der Waals surface area contributed by atoms with Crippen LogP contribution in [0.5, 0.6) is 5.75 Å². The number of aryl methyl sites for hydroxylation is 1. The van der Waals surface area contributed by atoms with Crippen molar-refractivity contribution in [1.82, 2.24) is 9.80 Å². The Hall–Kier alpha value is -1.92. The van der Waals surface area contributed by atoms with E-state index in [1.807, 2.05) is 42.2 Å². The molecule has 2 atom stereocenters. The van der Waals surface area contributed by atoms with E-state index in [1.54, 1.807) is 0 Å². The van der Waals surface area contributed by atoms with E-state index in [4.69, 9.17) is 4.74 Å². The summed E-state index contributed by atoms with van der Waals surface area (Å²) in [5.74, 6) is 0.448. The molecule has 28 heavy (non-hydrogen) atoms. The average molecular weight is 449 g/mol. The number of carbonyl (C=O) groups excluding carboxylic acids is 1. The monoisotopic (exact) mass is 448 g/mol. The van der Waals surface area contributed by atoms with Crippen molar-refractivity contribution < 1.29 is 13.9 Å². The van der Waals surface area contributed by atoms with E-state index in [1.165, 1.54) is 12.1 Å². The van der Waals surface area contributed by atoms with Gasteiger partial charge in [0.2, 0.25) is 0 Å². The molecule has 4 nitrogen and oxygen atoms in total. The second-order valence-corrected chi connectivity index (χ2v) is 8.38. The Bertz CT molecular complexity index is 828. The molecule has 0 spiro atoms. The van der Waals surface area contributed by atoms with Crippen LogP contribution in [0.25, 0.3) is 0 Å². The van der Waals surface area contributed by atoms with Crippen LogP contribution in [0.3, 0.4) is 0 Å². The Balaban J connectivity index is 1.57. The van der Waals surface area contributed by atoms with Gasteiger partial charge in [0, 0.05) is 31.7 Å². The highest BCUT2D eigenvalue weighted by Crippen LogP contribution is 2.26. The number of halogens is 2. The molecular weight excluding hydrogens is 423 g/mol. The van der Waals surface area contributed by atoms with Gasteiger partial charge in [0.25, 0.3) is 5.91 Å². The Kier molecular flexibility index (Phi) is 6.73. The smallest absolute Gasteiger partial charge is 0.260 e. The van der Waals surface area contributed by atoms with Gasteiger partial charge in [-0.3, -0.25) is 9.69 Å². The van der Waals surface area contributed by atoms with E-state index >= 15 is 0 Å². The molecule has 1 fully saturated rings. The third-order valence-electron chi connectivity index (χ3n) is 5.17. The molecule has 6 heteroatoms. The highest BCUT2D eigenvalue weighted by Gasteiger charge is 2.32. The maximum Gasteiger partial charge on any atom is 0.260 e. The second-order valence-electron chi connectivity index (χ2n) is 7.52. The van der Waals surface area contributed by atoms with E-state index in [0.29, 0.717) is 12.3 Å². The molecule has 2 aromatic rings. The maximum atomic E-state index is 13.1. The first kappa shape index (κ1) is 20.8. The number of piperazine rings is 1. The minimum absolute atomic E-state index is 0.00624. The van der Waals surface area contributed by atoms with Crippen molar-refractivity contribution in [2.24, 2.45) is 0 Å². The van der Waals surface area contributed by atoms with Crippen LogP contribution in [-0.4, -0.2) is 47.5 Å². The van der Waals surface area contributed by atoms with Gasteiger partial charge in [-0.25, -0.2) is 4.39 Å². The fraction of sp³-hybridized carbons (Fsp3) is 0.409. The van der Waals surface area contributed by atoms with Gasteiger partial charge in [-0.2, -0.15) is 0 Å². The molecule has 0 bridgehead atoms. The fourth-order valence-electron chi connectivity index (χ4n) is 3.54. The number of amides is 1. The Morgan fingerprint density at radius 1 is 1.14 bits per heavy atom. The first-order chi connectivity index (χ1) is 13.3. The molecule has 1 aliphatic heterocycles. The molecule has 0 aliphatic carbocycles. The first-order valence-electron chi connectivity index (χ1n) is 9.50. The largest absolute Gasteiger partial charge is 0.483 e. The summed E-state index contributed by atoms with van der Waals surface area (Å²) >= 11 is 3.48. The molecule has 3 rings (SSSR count). The first-order valence-corrected chi connectivity index (χ1v) is 10.3. The fourth-order valence-corrected chi connectivity index (χ4v) is 4.14. The Labute approximate surface area is 174 Å². The summed E-state index contributed by atoms with van der Waals surface area (Å²) in [4.78, 5) is 17.0. The third kappa shape index (κ3) is 5.11. The van der Waals surface area contributed by atoms with Crippen LogP contribution in [0.4, 0.5) is 4.39 Å². The lowest BCUT2D eigenvalue weighted by molar-refractivity contribution is -0.139. The highest BCUT2D eigenvalue weighted by atomic mass is 79.9. The topological polar surface area (TPSA) is 32.8 Å². The molecule has 1 saturated heterocycles. The van der Waals surface area contributed by atoms with Crippen molar-refractivity contribution in [3.63, 3.8) is 0 Å². The van der Waals surface area contributed by atoms with E-state index < -0.39 is 0 Å². The number of carbonyl (C=O) groups is 1. The molecule has 1 aliphatic rings. The van der Waals surface area contributed by atoms with Crippen molar-refractivity contribution in [3.05, 3.63) is 63.9 Å². The summed E-state index contributed by atoms with van der Waals surface area (Å²) in [5, 5.41) is 0. The standard InChI is InChI=1S/C22H26BrFN2O2/c1-15-4-9-21(20(23)10-15)28-14-22(27)26-12-16(2)25(11-17(26)3)13-18-5-7-19(24)8-6-18/h4-10,16-17H,11-14H2,1-3H3. The number of nitrogens with zero attached hydrogens (tertiary/aromatic N) is 2. The average Bonchev–Trinajstić information content (AvgIpc) is 2.65. The van der Waals surface area contributed by atoms with Gasteiger partial charge in [-0.05, 0) is 72.1 Å². The van der Waals surface area contributed by atoms with Crippen molar-refractivity contribution in [3.8, 4) is 5.75 Å². The van der Waals surface area contributed by atoms with Gasteiger partial charge in [0.05, 0.1) is 4.47 Å². The van der Waals surface area contributed by atoms with E-state index in [2.05, 4.69) is 34.7 Å². The van der Waals surface area contributed by atoms with E-state index in [0.717, 1.165) is 28.7 Å². The van der Waals surface area contributed by atoms with Crippen molar-refractivity contribution in [1.29, 1.82) is 0 Å². The molecule has 2 aromatic carbocycles. The van der Waals surface area contributed by atoms with E-state index in [9.17, 15) is 9.18 Å². The number of hydrogen-bond acceptors (Lipinski definition) is 3. The minimum Gasteiger partial charge on any atom is -0.483 e. The summed E-state index contributed by atoms with van der Waals surface area (Å²) in [7, 11) is 0. The number of hydrogen-bond donors (Lipinski definition) is 0. The summed E-state index contributed by atoms with van der Waals surface area (Å²) in [6.07, 6.45) is 0. The molecule has 1 amide bonds. The zero-order valence-electron chi connectivity index (χ0n) is 16.5. The summed E-state index contributed by atoms with van der Waals surface area (Å²) < 4.78 is 19.7. The SMILES string of the molecule is Cc1ccc(OCC(=O)N2CC(C)N(Cc3ccc(F)cc3)CC2C)c(Br)c1. The molecule has 150 valence electrons. The maximum absolute atomic E-state index is 13.1. The molecule has 1 heterocycles. The third-order valence-corrected chi connectivity index (χ3v) is 5.79. The van der Waals surface area contributed by atoms with Crippen LogP contribution >= 0.6 is 15.9 Å². The van der Waals surface area contributed by atoms with Gasteiger partial charge in [-0.1, -0.05) is 18.2 Å². The second kappa shape index (κ2) is 9.05. The van der Waals surface area contributed by atoms with Gasteiger partial charge in [0.15, 0.2) is 6.61 Å². The summed E-state index contributed by atoms with van der Waals surface area (Å²) in [6.45, 7) is 8.39. The predicted octanol–water partition coefficient (Wildman–Crippen LogP) is 4.40. The highest BCUT2D eigenvalue weighted by molar-refractivity contribution is 9.10. The van der Waals surface area contributed by atoms with Gasteiger partial charge >= 0.3 is 0 Å². The number of rotatable bonds is 5. The normalized spacial score (nSPS) is 20.2. The summed E-state index contributed by atoms with van der Waals surface area (Å²) in [6, 6.07) is 12.7. The van der Waals surface area contributed by atoms with Gasteiger partial charge < -0.3 is 9.64 Å². The Morgan fingerprint density at radius 2 is 1.86 bits per heavy atom. The zero-order valence-corrected chi connectivity index (χ0v) is 18.1. The van der Waals surface area contributed by atoms with E-state index in [-0.39, 0.29) is 30.4 Å². The van der Waals surface area contributed by atoms with Crippen LogP contribution < -0.4 is 4.74 Å². The molecule has 0 saturated carbocycles. The lowest BCUT2D eigenvalue weighted by Gasteiger charge is -2.44. The Morgan fingerprint density at radius 3 is 2.54 bits per heavy atom. The van der Waals surface area contributed by atoms with Crippen LogP contribution in [-0.2, 0) is 11.3 Å². The van der Waals surface area contributed by atoms with Crippen LogP contribution in [0.15, 0.2) is 46.9 Å². The molecule has 0 radical (unpaired) electrons. The number of benzene rings is 2. The summed E-state index contributed by atoms with van der Waals surface area (Å²) in [5.41, 5.74) is 2.21. The van der Waals surface area contributed by atoms with Crippen molar-refractivity contribution >= 4 is 21.8 Å². The van der Waals surface area contributed by atoms with Gasteiger partial charge in [0.1, 0.15) is 11.6 Å². The molecule has 0 aromatic heterocycles. The lowest BCUT2D eigenvalue weighted by Crippen LogP contribution is -2.58. The minimum atomic E-state index is -0.221. The zero-order chi connectivity index (χ0) is 20.3. The molecule has 0 N–H and O–H groups in total. The van der Waals surface area contributed by atoms with Crippen molar-refractivity contribution in [2.75, 3.05) is 19.7 Å². The van der Waals surface area contributed by atoms with Gasteiger partial charge in [-0.15, -0.1) is 0 Å². The lowest BCUT2D eigenvalue weighted by atomic mass is 10.1. The van der Waals surface area contributed by atoms with Crippen LogP contribution in [0.2, 0.25) is 0 Å². The number of ether oxygens (including phenoxy) is 1. The quantitative estimate of drug-likeness (QED) is 0.679.